The Balaban J connectivity index is 3.85. The number of esters is 1. The highest BCUT2D eigenvalue weighted by molar-refractivity contribution is 5.69. The predicted octanol–water partition coefficient (Wildman–Crippen LogP) is 2.21. The van der Waals surface area contributed by atoms with E-state index in [1.807, 2.05) is 6.92 Å². The van der Waals surface area contributed by atoms with Gasteiger partial charge in [0.05, 0.1) is 19.6 Å². The van der Waals surface area contributed by atoms with Crippen LogP contribution in [0.5, 0.6) is 0 Å². The van der Waals surface area contributed by atoms with Crippen molar-refractivity contribution >= 4 is 5.97 Å². The van der Waals surface area contributed by atoms with E-state index in [0.717, 1.165) is 37.1 Å². The average molecular weight is 216 g/mol. The lowest BCUT2D eigenvalue weighted by atomic mass is 10.3. The first-order chi connectivity index (χ1) is 7.14. The van der Waals surface area contributed by atoms with Gasteiger partial charge in [0.2, 0.25) is 0 Å². The van der Waals surface area contributed by atoms with Gasteiger partial charge in [-0.25, -0.2) is 0 Å². The van der Waals surface area contributed by atoms with Gasteiger partial charge in [0.15, 0.2) is 0 Å². The van der Waals surface area contributed by atoms with Crippen LogP contribution in [0.15, 0.2) is 0 Å². The van der Waals surface area contributed by atoms with Gasteiger partial charge < -0.3 is 9.22 Å². The number of rotatable bonds is 8. The summed E-state index contributed by atoms with van der Waals surface area (Å²) in [6.45, 7) is 13.4. The fourth-order valence-corrected chi connectivity index (χ4v) is 1.77. The summed E-state index contributed by atoms with van der Waals surface area (Å²) in [7, 11) is 0. The lowest BCUT2D eigenvalue weighted by molar-refractivity contribution is -0.923. The normalized spacial score (nSPS) is 11.5. The van der Waals surface area contributed by atoms with Gasteiger partial charge in [-0.15, -0.1) is 0 Å². The van der Waals surface area contributed by atoms with E-state index in [1.165, 1.54) is 0 Å². The van der Waals surface area contributed by atoms with Crippen molar-refractivity contribution in [1.82, 2.24) is 0 Å². The highest BCUT2D eigenvalue weighted by Crippen LogP contribution is 2.05. The molecule has 0 saturated carbocycles. The molecule has 0 radical (unpaired) electrons. The minimum atomic E-state index is -0.0566. The van der Waals surface area contributed by atoms with Gasteiger partial charge >= 0.3 is 5.97 Å². The average Bonchev–Trinajstić information content (AvgIpc) is 2.25. The van der Waals surface area contributed by atoms with Crippen LogP contribution in [0.2, 0.25) is 0 Å². The first-order valence-corrected chi connectivity index (χ1v) is 6.14. The monoisotopic (exact) mass is 216 g/mol. The first-order valence-electron chi connectivity index (χ1n) is 6.14. The molecule has 0 saturated heterocycles. The van der Waals surface area contributed by atoms with Crippen LogP contribution in [-0.4, -0.2) is 43.2 Å². The summed E-state index contributed by atoms with van der Waals surface area (Å²) in [6.07, 6.45) is 1.42. The molecule has 15 heavy (non-hydrogen) atoms. The topological polar surface area (TPSA) is 26.3 Å². The van der Waals surface area contributed by atoms with Crippen LogP contribution >= 0.6 is 0 Å². The van der Waals surface area contributed by atoms with E-state index in [-0.39, 0.29) is 5.97 Å². The standard InChI is InChI=1S/C12H26NO2/c1-5-9-12(14)15-11-10-13(6-2,7-3)8-4/h5-11H2,1-4H3/q+1. The van der Waals surface area contributed by atoms with E-state index >= 15 is 0 Å². The minimum Gasteiger partial charge on any atom is -0.460 e. The second kappa shape index (κ2) is 7.69. The highest BCUT2D eigenvalue weighted by atomic mass is 16.5. The molecule has 0 fully saturated rings. The van der Waals surface area contributed by atoms with Crippen molar-refractivity contribution in [3.8, 4) is 0 Å². The Bertz CT molecular complexity index is 168. The second-order valence-electron chi connectivity index (χ2n) is 3.98. The molecular weight excluding hydrogens is 190 g/mol. The smallest absolute Gasteiger partial charge is 0.305 e. The van der Waals surface area contributed by atoms with Gasteiger partial charge in [0.25, 0.3) is 0 Å². The molecule has 0 atom stereocenters. The molecule has 0 amide bonds. The molecule has 0 aromatic heterocycles. The Morgan fingerprint density at radius 1 is 1.07 bits per heavy atom. The molecule has 0 spiro atoms. The number of likely N-dealkylation sites (N-methyl/N-ethyl adjacent to an activating group) is 1. The van der Waals surface area contributed by atoms with Crippen molar-refractivity contribution in [2.45, 2.75) is 40.5 Å². The van der Waals surface area contributed by atoms with E-state index in [2.05, 4.69) is 20.8 Å². The van der Waals surface area contributed by atoms with E-state index in [1.54, 1.807) is 0 Å². The molecule has 0 unspecified atom stereocenters. The first kappa shape index (κ1) is 14.4. The summed E-state index contributed by atoms with van der Waals surface area (Å²) in [4.78, 5) is 11.2. The Kier molecular flexibility index (Phi) is 7.39. The molecule has 0 N–H and O–H groups in total. The number of carbonyl (C=O) groups excluding carboxylic acids is 1. The zero-order valence-corrected chi connectivity index (χ0v) is 10.7. The maximum Gasteiger partial charge on any atom is 0.305 e. The maximum atomic E-state index is 11.2. The van der Waals surface area contributed by atoms with Crippen molar-refractivity contribution in [1.29, 1.82) is 0 Å². The molecule has 0 heterocycles. The Hall–Kier alpha value is -0.570. The SMILES string of the molecule is CCCC(=O)OCC[N+](CC)(CC)CC. The fraction of sp³-hybridized carbons (Fsp3) is 0.917. The minimum absolute atomic E-state index is 0.0566. The van der Waals surface area contributed by atoms with E-state index in [0.29, 0.717) is 13.0 Å². The summed E-state index contributed by atoms with van der Waals surface area (Å²) >= 11 is 0. The predicted molar refractivity (Wildman–Crippen MR) is 62.6 cm³/mol. The summed E-state index contributed by atoms with van der Waals surface area (Å²) in [6, 6.07) is 0. The lowest BCUT2D eigenvalue weighted by Gasteiger charge is -2.35. The van der Waals surface area contributed by atoms with E-state index in [9.17, 15) is 4.79 Å². The van der Waals surface area contributed by atoms with Crippen LogP contribution in [0, 0.1) is 0 Å². The Morgan fingerprint density at radius 3 is 2.00 bits per heavy atom. The van der Waals surface area contributed by atoms with Crippen molar-refractivity contribution in [2.75, 3.05) is 32.8 Å². The van der Waals surface area contributed by atoms with Gasteiger partial charge in [0, 0.05) is 6.42 Å². The summed E-state index contributed by atoms with van der Waals surface area (Å²) in [5.74, 6) is -0.0566. The van der Waals surface area contributed by atoms with Gasteiger partial charge in [-0.2, -0.15) is 0 Å². The van der Waals surface area contributed by atoms with E-state index in [4.69, 9.17) is 4.74 Å². The molecular formula is C12H26NO2+. The molecule has 0 bridgehead atoms. The van der Waals surface area contributed by atoms with Crippen LogP contribution in [0.25, 0.3) is 0 Å². The third-order valence-electron chi connectivity index (χ3n) is 3.30. The quantitative estimate of drug-likeness (QED) is 0.459. The molecule has 3 nitrogen and oxygen atoms in total. The number of hydrogen-bond donors (Lipinski definition) is 0. The van der Waals surface area contributed by atoms with Crippen LogP contribution in [0.3, 0.4) is 0 Å². The highest BCUT2D eigenvalue weighted by Gasteiger charge is 2.20. The second-order valence-corrected chi connectivity index (χ2v) is 3.98. The summed E-state index contributed by atoms with van der Waals surface area (Å²) < 4.78 is 6.23. The number of hydrogen-bond acceptors (Lipinski definition) is 2. The van der Waals surface area contributed by atoms with Crippen molar-refractivity contribution in [2.24, 2.45) is 0 Å². The Morgan fingerprint density at radius 2 is 1.60 bits per heavy atom. The molecule has 90 valence electrons. The summed E-state index contributed by atoms with van der Waals surface area (Å²) in [5, 5.41) is 0. The number of ether oxygens (including phenoxy) is 1. The van der Waals surface area contributed by atoms with Crippen LogP contribution < -0.4 is 0 Å². The Labute approximate surface area is 94.0 Å². The lowest BCUT2D eigenvalue weighted by Crippen LogP contribution is -2.49. The molecule has 0 aromatic rings. The van der Waals surface area contributed by atoms with Crippen LogP contribution in [0.1, 0.15) is 40.5 Å². The molecule has 0 aliphatic carbocycles. The molecule has 0 aliphatic heterocycles. The van der Waals surface area contributed by atoms with Crippen molar-refractivity contribution in [3.05, 3.63) is 0 Å². The van der Waals surface area contributed by atoms with Crippen LogP contribution in [0.4, 0.5) is 0 Å². The van der Waals surface area contributed by atoms with Crippen LogP contribution in [-0.2, 0) is 9.53 Å². The van der Waals surface area contributed by atoms with Crippen molar-refractivity contribution < 1.29 is 14.0 Å². The number of carbonyl (C=O) groups is 1. The molecule has 3 heteroatoms. The zero-order chi connectivity index (χ0) is 11.7. The zero-order valence-electron chi connectivity index (χ0n) is 10.7. The number of quaternary nitrogens is 1. The van der Waals surface area contributed by atoms with Gasteiger partial charge in [-0.1, -0.05) is 6.92 Å². The van der Waals surface area contributed by atoms with Gasteiger partial charge in [0.1, 0.15) is 13.2 Å². The molecule has 0 rings (SSSR count). The summed E-state index contributed by atoms with van der Waals surface area (Å²) in [5.41, 5.74) is 0. The third-order valence-corrected chi connectivity index (χ3v) is 3.30. The molecule has 0 aromatic carbocycles. The van der Waals surface area contributed by atoms with E-state index < -0.39 is 0 Å². The molecule has 0 aliphatic rings. The maximum absolute atomic E-state index is 11.2. The van der Waals surface area contributed by atoms with Crippen molar-refractivity contribution in [3.63, 3.8) is 0 Å². The third kappa shape index (κ3) is 5.17. The largest absolute Gasteiger partial charge is 0.460 e. The fourth-order valence-electron chi connectivity index (χ4n) is 1.77. The number of nitrogens with zero attached hydrogens (tertiary/aromatic N) is 1. The van der Waals surface area contributed by atoms with Gasteiger partial charge in [-0.3, -0.25) is 4.79 Å². The van der Waals surface area contributed by atoms with Gasteiger partial charge in [-0.05, 0) is 27.2 Å².